The molecule has 0 amide bonds. The van der Waals surface area contributed by atoms with E-state index in [-0.39, 0.29) is 11.1 Å². The van der Waals surface area contributed by atoms with Crippen molar-refractivity contribution in [2.75, 3.05) is 0 Å². The molecule has 7 rings (SSSR count). The maximum absolute atomic E-state index is 7.90. The molecule has 43 heavy (non-hydrogen) atoms. The first-order valence-electron chi connectivity index (χ1n) is 15.4. The predicted molar refractivity (Wildman–Crippen MR) is 178 cm³/mol. The zero-order valence-electron chi connectivity index (χ0n) is 25.8. The molecule has 1 aromatic heterocycles. The average Bonchev–Trinajstić information content (AvgIpc) is 3.61. The first-order chi connectivity index (χ1) is 20.7. The van der Waals surface area contributed by atoms with Crippen LogP contribution in [0.4, 0.5) is 0 Å². The van der Waals surface area contributed by atoms with Gasteiger partial charge in [-0.2, -0.15) is 0 Å². The van der Waals surface area contributed by atoms with Crippen LogP contribution in [0.2, 0.25) is 18.1 Å². The van der Waals surface area contributed by atoms with Crippen LogP contribution in [-0.4, -0.2) is 18.1 Å². The Bertz CT molecular complexity index is 1860. The van der Waals surface area contributed by atoms with Crippen LogP contribution in [-0.2, 0) is 16.4 Å². The van der Waals surface area contributed by atoms with Gasteiger partial charge in [0.2, 0.25) is 6.33 Å². The molecule has 6 aromatic rings. The second kappa shape index (κ2) is 10.3. The molecule has 1 atom stereocenters. The first-order valence-corrected chi connectivity index (χ1v) is 18.3. The van der Waals surface area contributed by atoms with Gasteiger partial charge >= 0.3 is 0 Å². The minimum atomic E-state index is -2.33. The van der Waals surface area contributed by atoms with E-state index in [4.69, 9.17) is 9.52 Å². The van der Waals surface area contributed by atoms with E-state index in [1.54, 1.807) is 0 Å². The Kier molecular flexibility index (Phi) is 6.64. The molecule has 2 heterocycles. The van der Waals surface area contributed by atoms with Crippen molar-refractivity contribution in [3.8, 4) is 5.69 Å². The van der Waals surface area contributed by atoms with E-state index in [1.807, 2.05) is 10.7 Å². The number of hydrogen-bond acceptors (Lipinski definition) is 2. The molecule has 216 valence electrons. The van der Waals surface area contributed by atoms with Gasteiger partial charge in [-0.3, -0.25) is 0 Å². The molecule has 0 unspecified atom stereocenters. The lowest BCUT2D eigenvalue weighted by Crippen LogP contribution is -2.57. The molecule has 0 N–H and O–H groups in total. The zero-order chi connectivity index (χ0) is 29.8. The van der Waals surface area contributed by atoms with E-state index < -0.39 is 13.9 Å². The third-order valence-electron chi connectivity index (χ3n) is 9.80. The van der Waals surface area contributed by atoms with E-state index in [0.717, 1.165) is 24.4 Å². The van der Waals surface area contributed by atoms with Gasteiger partial charge in [-0.1, -0.05) is 116 Å². The summed E-state index contributed by atoms with van der Waals surface area (Å²) in [5, 5.41) is 10.0. The normalized spacial score (nSPS) is 15.7. The van der Waals surface area contributed by atoms with Gasteiger partial charge in [-0.25, -0.2) is 4.57 Å². The fourth-order valence-electron chi connectivity index (χ4n) is 6.47. The van der Waals surface area contributed by atoms with Crippen LogP contribution in [0.15, 0.2) is 122 Å². The predicted octanol–water partition coefficient (Wildman–Crippen LogP) is 8.92. The summed E-state index contributed by atoms with van der Waals surface area (Å²) in [5.41, 5.74) is 2.74. The van der Waals surface area contributed by atoms with Crippen LogP contribution in [0.5, 0.6) is 0 Å². The molecule has 0 fully saturated rings. The number of para-hydroxylation sites is 1. The summed E-state index contributed by atoms with van der Waals surface area (Å²) in [4.78, 5) is 0. The number of rotatable bonds is 6. The summed E-state index contributed by atoms with van der Waals surface area (Å²) in [6, 6.07) is 41.7. The Morgan fingerprint density at radius 1 is 0.721 bits per heavy atom. The molecule has 1 aliphatic heterocycles. The molecule has 5 aromatic carbocycles. The van der Waals surface area contributed by atoms with Crippen LogP contribution < -0.4 is 4.57 Å². The lowest BCUT2D eigenvalue weighted by atomic mass is 9.78. The van der Waals surface area contributed by atoms with Crippen molar-refractivity contribution in [1.29, 1.82) is 0 Å². The van der Waals surface area contributed by atoms with Gasteiger partial charge in [0.25, 0.3) is 5.82 Å². The third kappa shape index (κ3) is 4.71. The molecule has 0 bridgehead atoms. The van der Waals surface area contributed by atoms with Crippen molar-refractivity contribution in [3.63, 3.8) is 0 Å². The Morgan fingerprint density at radius 2 is 1.26 bits per heavy atom. The van der Waals surface area contributed by atoms with Crippen molar-refractivity contribution in [1.82, 2.24) is 9.78 Å². The standard InChI is InChI=1S/C38H40N3OSi/c1-37(2,3)43(4,5)42-38(32-21-19-28-13-9-11-15-30(28)25-32,33-22-20-29-14-10-12-16-31(29)26-33)35-23-24-36-39-41(27-40(35)36)34-17-7-6-8-18-34/h6-22,25-27,35H,23-24H2,1-5H3/q+1/t35-/m0/s1. The maximum Gasteiger partial charge on any atom is 0.278 e. The SMILES string of the molecule is CC(C)(C)[Si](C)(C)OC(c1ccc2ccccc2c1)(c1ccc2ccccc2c1)[C@@H]1CCc2nn(-c3ccccc3)c[n+]21. The number of fused-ring (bicyclic) bond motifs is 3. The molecule has 0 spiro atoms. The number of hydrogen-bond donors (Lipinski definition) is 0. The van der Waals surface area contributed by atoms with E-state index >= 15 is 0 Å². The second-order valence-electron chi connectivity index (χ2n) is 13.5. The molecular formula is C38H40N3OSi+. The molecule has 0 aliphatic carbocycles. The fourth-order valence-corrected chi connectivity index (χ4v) is 7.95. The Hall–Kier alpha value is -4.06. The van der Waals surface area contributed by atoms with Crippen molar-refractivity contribution < 1.29 is 8.99 Å². The molecule has 0 saturated carbocycles. The van der Waals surface area contributed by atoms with Gasteiger partial charge in [0.05, 0.1) is 0 Å². The van der Waals surface area contributed by atoms with Gasteiger partial charge < -0.3 is 4.43 Å². The van der Waals surface area contributed by atoms with Crippen LogP contribution in [0.25, 0.3) is 27.2 Å². The first kappa shape index (κ1) is 27.8. The van der Waals surface area contributed by atoms with E-state index in [9.17, 15) is 0 Å². The van der Waals surface area contributed by atoms with Gasteiger partial charge in [-0.05, 0) is 81.5 Å². The van der Waals surface area contributed by atoms with Crippen molar-refractivity contribution in [3.05, 3.63) is 139 Å². The molecular weight excluding hydrogens is 543 g/mol. The summed E-state index contributed by atoms with van der Waals surface area (Å²) in [5.74, 6) is 1.10. The van der Waals surface area contributed by atoms with Gasteiger partial charge in [0.1, 0.15) is 17.3 Å². The molecule has 1 aliphatic rings. The average molecular weight is 583 g/mol. The molecule has 0 radical (unpaired) electrons. The number of nitrogens with zero attached hydrogens (tertiary/aromatic N) is 3. The highest BCUT2D eigenvalue weighted by atomic mass is 28.4. The number of aromatic nitrogens is 3. The highest BCUT2D eigenvalue weighted by molar-refractivity contribution is 6.74. The lowest BCUT2D eigenvalue weighted by molar-refractivity contribution is -0.730. The Balaban J connectivity index is 1.53. The summed E-state index contributed by atoms with van der Waals surface area (Å²) < 4.78 is 12.3. The third-order valence-corrected chi connectivity index (χ3v) is 14.2. The van der Waals surface area contributed by atoms with Crippen LogP contribution in [0, 0.1) is 0 Å². The summed E-state index contributed by atoms with van der Waals surface area (Å²) in [6.45, 7) is 11.8. The van der Waals surface area contributed by atoms with Gasteiger partial charge in [-0.15, -0.1) is 0 Å². The van der Waals surface area contributed by atoms with Gasteiger partial charge in [0, 0.05) is 11.5 Å². The van der Waals surface area contributed by atoms with Crippen LogP contribution in [0.3, 0.4) is 0 Å². The number of benzene rings is 5. The zero-order valence-corrected chi connectivity index (χ0v) is 26.8. The molecule has 5 heteroatoms. The largest absolute Gasteiger partial charge is 0.400 e. The summed E-state index contributed by atoms with van der Waals surface area (Å²) >= 11 is 0. The van der Waals surface area contributed by atoms with E-state index in [0.29, 0.717) is 0 Å². The topological polar surface area (TPSA) is 30.9 Å². The lowest BCUT2D eigenvalue weighted by Gasteiger charge is -2.48. The van der Waals surface area contributed by atoms with Crippen LogP contribution in [0.1, 0.15) is 50.2 Å². The minimum absolute atomic E-state index is 0.0201. The van der Waals surface area contributed by atoms with Crippen molar-refractivity contribution in [2.45, 2.75) is 63.4 Å². The molecule has 0 saturated heterocycles. The summed E-state index contributed by atoms with van der Waals surface area (Å²) in [6.07, 6.45) is 4.04. The Labute approximate surface area is 255 Å². The quantitative estimate of drug-likeness (QED) is 0.145. The smallest absolute Gasteiger partial charge is 0.278 e. The fraction of sp³-hybridized carbons (Fsp3) is 0.263. The molecule has 4 nitrogen and oxygen atoms in total. The monoisotopic (exact) mass is 582 g/mol. The van der Waals surface area contributed by atoms with Crippen LogP contribution >= 0.6 is 0 Å². The highest BCUT2D eigenvalue weighted by Gasteiger charge is 2.55. The highest BCUT2D eigenvalue weighted by Crippen LogP contribution is 2.51. The minimum Gasteiger partial charge on any atom is -0.400 e. The van der Waals surface area contributed by atoms with E-state index in [2.05, 4.69) is 154 Å². The van der Waals surface area contributed by atoms with Crippen molar-refractivity contribution in [2.24, 2.45) is 0 Å². The second-order valence-corrected chi connectivity index (χ2v) is 18.2. The van der Waals surface area contributed by atoms with Crippen molar-refractivity contribution >= 4 is 29.9 Å². The Morgan fingerprint density at radius 3 is 1.81 bits per heavy atom. The summed E-state index contributed by atoms with van der Waals surface area (Å²) in [7, 11) is -2.33. The van der Waals surface area contributed by atoms with E-state index in [1.165, 1.54) is 32.7 Å². The maximum atomic E-state index is 7.90. The number of aryl methyl sites for hydroxylation is 1. The van der Waals surface area contributed by atoms with Gasteiger partial charge in [0.15, 0.2) is 8.32 Å².